The number of pyridine rings is 1. The number of benzene rings is 1. The smallest absolute Gasteiger partial charge is 0.169 e. The summed E-state index contributed by atoms with van der Waals surface area (Å²) in [5.74, 6) is 0. The lowest BCUT2D eigenvalue weighted by Crippen LogP contribution is -3.00. The molecule has 196 valence electrons. The first-order chi connectivity index (χ1) is 17.1. The summed E-state index contributed by atoms with van der Waals surface area (Å²) in [6, 6.07) is 12.7. The van der Waals surface area contributed by atoms with Crippen LogP contribution in [0.15, 0.2) is 55.0 Å². The van der Waals surface area contributed by atoms with Gasteiger partial charge in [-0.05, 0) is 23.3 Å². The van der Waals surface area contributed by atoms with Crippen molar-refractivity contribution in [2.24, 2.45) is 12.8 Å². The van der Waals surface area contributed by atoms with Crippen LogP contribution in [0.3, 0.4) is 0 Å². The summed E-state index contributed by atoms with van der Waals surface area (Å²) in [6.45, 7) is 5.20. The number of aryl methyl sites for hydroxylation is 1. The zero-order valence-corrected chi connectivity index (χ0v) is 23.3. The Hall–Kier alpha value is -2.38. The number of likely N-dealkylation sites (N-methyl/N-ethyl adjacent to an activating group) is 1. The van der Waals surface area contributed by atoms with Crippen LogP contribution in [0.2, 0.25) is 0 Å². The van der Waals surface area contributed by atoms with Crippen LogP contribution in [0.25, 0.3) is 12.2 Å². The molecule has 0 radical (unpaired) electrons. The van der Waals surface area contributed by atoms with Crippen molar-refractivity contribution in [1.29, 1.82) is 0 Å². The number of ether oxygens (including phenoxy) is 3. The normalized spacial score (nSPS) is 11.1. The molecule has 0 spiro atoms. The summed E-state index contributed by atoms with van der Waals surface area (Å²) in [6.07, 6.45) is 10.2. The molecule has 0 saturated heterocycles. The Morgan fingerprint density at radius 3 is 2.28 bits per heavy atom. The highest BCUT2D eigenvalue weighted by Gasteiger charge is 2.04. The molecule has 0 bridgehead atoms. The predicted octanol–water partition coefficient (Wildman–Crippen LogP) is -1.08. The second kappa shape index (κ2) is 17.1. The van der Waals surface area contributed by atoms with Crippen molar-refractivity contribution in [2.75, 3.05) is 58.1 Å². The Balaban J connectivity index is 0.00000456. The van der Waals surface area contributed by atoms with Crippen molar-refractivity contribution < 1.29 is 42.8 Å². The van der Waals surface area contributed by atoms with Crippen LogP contribution in [0.4, 0.5) is 5.69 Å². The van der Waals surface area contributed by atoms with Crippen LogP contribution in [0.1, 0.15) is 16.8 Å². The monoisotopic (exact) mass is 608 g/mol. The molecule has 0 fully saturated rings. The molecule has 2 N–H and O–H groups in total. The lowest BCUT2D eigenvalue weighted by Gasteiger charge is -2.19. The Morgan fingerprint density at radius 1 is 0.917 bits per heavy atom. The SMILES string of the molecule is CN(CCOCc1cn(CCOCCOCCN)nn1)c1ccc(/C=C/c2cc[n+](C)cc2)cc1.[I-]. The van der Waals surface area contributed by atoms with Crippen LogP contribution >= 0.6 is 0 Å². The summed E-state index contributed by atoms with van der Waals surface area (Å²) in [7, 11) is 4.08. The fourth-order valence-corrected chi connectivity index (χ4v) is 3.24. The lowest BCUT2D eigenvalue weighted by atomic mass is 10.1. The highest BCUT2D eigenvalue weighted by Crippen LogP contribution is 2.15. The van der Waals surface area contributed by atoms with Gasteiger partial charge in [-0.25, -0.2) is 9.25 Å². The van der Waals surface area contributed by atoms with Gasteiger partial charge in [0, 0.05) is 38.0 Å². The van der Waals surface area contributed by atoms with E-state index < -0.39 is 0 Å². The molecule has 2 heterocycles. The number of hydrogen-bond acceptors (Lipinski definition) is 7. The molecule has 0 unspecified atom stereocenters. The number of halogens is 1. The number of nitrogens with zero attached hydrogens (tertiary/aromatic N) is 5. The third-order valence-electron chi connectivity index (χ3n) is 5.31. The number of nitrogens with two attached hydrogens (primary N) is 1. The second-order valence-electron chi connectivity index (χ2n) is 8.18. The topological polar surface area (TPSA) is 91.5 Å². The highest BCUT2D eigenvalue weighted by atomic mass is 127. The van der Waals surface area contributed by atoms with E-state index in [2.05, 4.69) is 70.8 Å². The van der Waals surface area contributed by atoms with E-state index >= 15 is 0 Å². The third kappa shape index (κ3) is 11.1. The molecule has 0 saturated carbocycles. The lowest BCUT2D eigenvalue weighted by molar-refractivity contribution is -0.671. The Kier molecular flexibility index (Phi) is 14.2. The van der Waals surface area contributed by atoms with Gasteiger partial charge in [-0.2, -0.15) is 0 Å². The van der Waals surface area contributed by atoms with Crippen LogP contribution in [-0.2, 0) is 34.4 Å². The van der Waals surface area contributed by atoms with E-state index in [-0.39, 0.29) is 24.0 Å². The standard InChI is InChI=1S/C26H37N6O3.HI/c1-30-12-9-24(10-13-30)4-3-23-5-7-26(8-6-23)31(2)14-17-35-22-25-21-32(29-28-25)15-18-34-20-19-33-16-11-27;/h3-10,12-13,21H,11,14-20,22,27H2,1-2H3;1H/q+1;/p-1. The Morgan fingerprint density at radius 2 is 1.58 bits per heavy atom. The van der Waals surface area contributed by atoms with Gasteiger partial charge in [0.05, 0.1) is 52.4 Å². The quantitative estimate of drug-likeness (QED) is 0.126. The summed E-state index contributed by atoms with van der Waals surface area (Å²) in [4.78, 5) is 2.18. The average molecular weight is 609 g/mol. The van der Waals surface area contributed by atoms with E-state index in [1.54, 1.807) is 4.68 Å². The summed E-state index contributed by atoms with van der Waals surface area (Å²) >= 11 is 0. The van der Waals surface area contributed by atoms with Gasteiger partial charge in [0.2, 0.25) is 0 Å². The van der Waals surface area contributed by atoms with Crippen LogP contribution in [-0.4, -0.2) is 68.2 Å². The van der Waals surface area contributed by atoms with Gasteiger partial charge < -0.3 is 48.8 Å². The van der Waals surface area contributed by atoms with Crippen molar-refractivity contribution >= 4 is 17.8 Å². The van der Waals surface area contributed by atoms with E-state index in [9.17, 15) is 0 Å². The van der Waals surface area contributed by atoms with Gasteiger partial charge in [0.15, 0.2) is 12.4 Å². The fraction of sp³-hybridized carbons (Fsp3) is 0.423. The molecular weight excluding hydrogens is 571 g/mol. The van der Waals surface area contributed by atoms with E-state index in [1.807, 2.05) is 30.2 Å². The zero-order valence-electron chi connectivity index (χ0n) is 21.1. The minimum absolute atomic E-state index is 0. The molecule has 0 aliphatic rings. The van der Waals surface area contributed by atoms with Gasteiger partial charge in [-0.1, -0.05) is 29.5 Å². The van der Waals surface area contributed by atoms with Gasteiger partial charge >= 0.3 is 0 Å². The largest absolute Gasteiger partial charge is 1.00 e. The fourth-order valence-electron chi connectivity index (χ4n) is 3.24. The Bertz CT molecular complexity index is 1010. The molecule has 9 nitrogen and oxygen atoms in total. The maximum absolute atomic E-state index is 5.80. The van der Waals surface area contributed by atoms with Gasteiger partial charge in [-0.3, -0.25) is 0 Å². The minimum Gasteiger partial charge on any atom is -1.00 e. The van der Waals surface area contributed by atoms with E-state index in [1.165, 1.54) is 11.1 Å². The highest BCUT2D eigenvalue weighted by molar-refractivity contribution is 5.70. The van der Waals surface area contributed by atoms with E-state index in [0.717, 1.165) is 17.9 Å². The second-order valence-corrected chi connectivity index (χ2v) is 8.18. The molecule has 0 atom stereocenters. The van der Waals surface area contributed by atoms with Gasteiger partial charge in [0.25, 0.3) is 0 Å². The van der Waals surface area contributed by atoms with Crippen LogP contribution in [0.5, 0.6) is 0 Å². The molecule has 3 aromatic rings. The number of aromatic nitrogens is 4. The van der Waals surface area contributed by atoms with Crippen molar-refractivity contribution in [3.63, 3.8) is 0 Å². The van der Waals surface area contributed by atoms with Crippen LogP contribution in [0, 0.1) is 0 Å². The maximum Gasteiger partial charge on any atom is 0.169 e. The van der Waals surface area contributed by atoms with E-state index in [4.69, 9.17) is 19.9 Å². The minimum atomic E-state index is 0. The molecule has 36 heavy (non-hydrogen) atoms. The number of hydrogen-bond donors (Lipinski definition) is 1. The van der Waals surface area contributed by atoms with Gasteiger partial charge in [-0.15, -0.1) is 5.10 Å². The van der Waals surface area contributed by atoms with E-state index in [0.29, 0.717) is 52.7 Å². The number of rotatable bonds is 16. The van der Waals surface area contributed by atoms with Crippen LogP contribution < -0.4 is 39.2 Å². The first-order valence-electron chi connectivity index (χ1n) is 11.9. The zero-order chi connectivity index (χ0) is 24.7. The first kappa shape index (κ1) is 29.8. The first-order valence-corrected chi connectivity index (χ1v) is 11.9. The average Bonchev–Trinajstić information content (AvgIpc) is 3.33. The molecule has 0 aliphatic heterocycles. The molecule has 10 heteroatoms. The Labute approximate surface area is 230 Å². The summed E-state index contributed by atoms with van der Waals surface area (Å²) in [5, 5.41) is 8.27. The van der Waals surface area contributed by atoms with Crippen molar-refractivity contribution in [2.45, 2.75) is 13.2 Å². The number of anilines is 1. The third-order valence-corrected chi connectivity index (χ3v) is 5.31. The van der Waals surface area contributed by atoms with Crippen molar-refractivity contribution in [3.05, 3.63) is 71.8 Å². The molecular formula is C26H37IN6O3. The predicted molar refractivity (Wildman–Crippen MR) is 137 cm³/mol. The van der Waals surface area contributed by atoms with Crippen molar-refractivity contribution in [1.82, 2.24) is 15.0 Å². The molecule has 1 aromatic carbocycles. The molecule has 0 aliphatic carbocycles. The van der Waals surface area contributed by atoms with Crippen molar-refractivity contribution in [3.8, 4) is 0 Å². The molecule has 0 amide bonds. The van der Waals surface area contributed by atoms with Gasteiger partial charge in [0.1, 0.15) is 12.7 Å². The molecule has 3 rings (SSSR count). The molecule has 2 aromatic heterocycles. The maximum atomic E-state index is 5.80. The summed E-state index contributed by atoms with van der Waals surface area (Å²) in [5.41, 5.74) is 9.67. The summed E-state index contributed by atoms with van der Waals surface area (Å²) < 4.78 is 20.4.